The van der Waals surface area contributed by atoms with E-state index in [1.807, 2.05) is 0 Å². The average Bonchev–Trinajstić information content (AvgIpc) is 2.60. The van der Waals surface area contributed by atoms with E-state index in [0.29, 0.717) is 0 Å². The summed E-state index contributed by atoms with van der Waals surface area (Å²) in [6.45, 7) is 4.67. The Labute approximate surface area is 150 Å². The first-order chi connectivity index (χ1) is 12.4. The van der Waals surface area contributed by atoms with Crippen molar-refractivity contribution in [3.63, 3.8) is 0 Å². The SMILES string of the molecule is CCOC(=O)C(=[N+]=[N-])/C(C)=C(/Cc1ccccc1[N+](=O)[O-])C(=O)OCC. The van der Waals surface area contributed by atoms with Crippen molar-refractivity contribution in [2.24, 2.45) is 0 Å². The molecule has 0 radical (unpaired) electrons. The van der Waals surface area contributed by atoms with Crippen LogP contribution in [-0.2, 0) is 25.5 Å². The van der Waals surface area contributed by atoms with Crippen molar-refractivity contribution >= 4 is 23.3 Å². The molecule has 0 atom stereocenters. The smallest absolute Gasteiger partial charge is 0.421 e. The molecular formula is C17H19N3O6. The molecule has 0 spiro atoms. The van der Waals surface area contributed by atoms with Gasteiger partial charge in [-0.2, -0.15) is 4.79 Å². The Balaban J connectivity index is 3.46. The Kier molecular flexibility index (Phi) is 7.85. The van der Waals surface area contributed by atoms with Crippen molar-refractivity contribution in [3.05, 3.63) is 56.6 Å². The van der Waals surface area contributed by atoms with Gasteiger partial charge in [0.05, 0.1) is 29.3 Å². The molecule has 26 heavy (non-hydrogen) atoms. The molecule has 1 aromatic carbocycles. The summed E-state index contributed by atoms with van der Waals surface area (Å²) in [5, 5.41) is 11.2. The minimum Gasteiger partial charge on any atom is -0.463 e. The van der Waals surface area contributed by atoms with Gasteiger partial charge in [-0.25, -0.2) is 9.59 Å². The van der Waals surface area contributed by atoms with Gasteiger partial charge in [0.2, 0.25) is 0 Å². The molecule has 1 rings (SSSR count). The maximum absolute atomic E-state index is 12.3. The second-order valence-corrected chi connectivity index (χ2v) is 5.06. The molecule has 0 saturated carbocycles. The van der Waals surface area contributed by atoms with Gasteiger partial charge in [0.15, 0.2) is 0 Å². The number of nitro benzene ring substituents is 1. The number of carbonyl (C=O) groups excluding carboxylic acids is 2. The molecule has 0 aromatic heterocycles. The summed E-state index contributed by atoms with van der Waals surface area (Å²) in [7, 11) is 0. The topological polar surface area (TPSA) is 132 Å². The van der Waals surface area contributed by atoms with E-state index in [4.69, 9.17) is 15.0 Å². The summed E-state index contributed by atoms with van der Waals surface area (Å²) in [6.07, 6.45) is -0.180. The third kappa shape index (κ3) is 5.09. The van der Waals surface area contributed by atoms with Crippen LogP contribution >= 0.6 is 0 Å². The third-order valence-corrected chi connectivity index (χ3v) is 3.45. The Bertz CT molecular complexity index is 793. The number of benzene rings is 1. The van der Waals surface area contributed by atoms with E-state index in [0.717, 1.165) is 0 Å². The molecule has 1 aromatic rings. The van der Waals surface area contributed by atoms with Crippen molar-refractivity contribution < 1.29 is 28.8 Å². The average molecular weight is 361 g/mol. The highest BCUT2D eigenvalue weighted by atomic mass is 16.6. The molecule has 0 amide bonds. The maximum Gasteiger partial charge on any atom is 0.421 e. The Morgan fingerprint density at radius 1 is 1.15 bits per heavy atom. The fourth-order valence-electron chi connectivity index (χ4n) is 2.22. The van der Waals surface area contributed by atoms with Crippen molar-refractivity contribution in [3.8, 4) is 0 Å². The first kappa shape index (κ1) is 20.7. The number of hydrogen-bond donors (Lipinski definition) is 0. The standard InChI is InChI=1S/C17H19N3O6/c1-4-25-16(21)13(11(3)15(19-18)17(22)26-5-2)10-12-8-6-7-9-14(12)20(23)24/h6-9H,4-5,10H2,1-3H3/b13-11-. The van der Waals surface area contributed by atoms with E-state index in [2.05, 4.69) is 4.79 Å². The summed E-state index contributed by atoms with van der Waals surface area (Å²) >= 11 is 0. The van der Waals surface area contributed by atoms with E-state index in [1.165, 1.54) is 25.1 Å². The summed E-state index contributed by atoms with van der Waals surface area (Å²) in [4.78, 5) is 37.8. The fourth-order valence-corrected chi connectivity index (χ4v) is 2.22. The van der Waals surface area contributed by atoms with Gasteiger partial charge in [-0.1, -0.05) is 18.2 Å². The quantitative estimate of drug-likeness (QED) is 0.133. The molecule has 0 fully saturated rings. The molecule has 0 heterocycles. The highest BCUT2D eigenvalue weighted by Gasteiger charge is 2.30. The number of nitrogens with zero attached hydrogens (tertiary/aromatic N) is 3. The summed E-state index contributed by atoms with van der Waals surface area (Å²) in [5.41, 5.74) is 8.74. The van der Waals surface area contributed by atoms with Gasteiger partial charge in [0.1, 0.15) is 0 Å². The third-order valence-electron chi connectivity index (χ3n) is 3.45. The predicted molar refractivity (Wildman–Crippen MR) is 91.4 cm³/mol. The molecule has 0 saturated heterocycles. The van der Waals surface area contributed by atoms with E-state index in [-0.39, 0.29) is 42.0 Å². The molecular weight excluding hydrogens is 342 g/mol. The number of nitro groups is 1. The Morgan fingerprint density at radius 2 is 1.73 bits per heavy atom. The number of ether oxygens (including phenoxy) is 2. The highest BCUT2D eigenvalue weighted by Crippen LogP contribution is 2.23. The van der Waals surface area contributed by atoms with Crippen LogP contribution < -0.4 is 0 Å². The van der Waals surface area contributed by atoms with Gasteiger partial charge in [-0.3, -0.25) is 10.1 Å². The Hall–Kier alpha value is -3.32. The van der Waals surface area contributed by atoms with Gasteiger partial charge >= 0.3 is 17.7 Å². The van der Waals surface area contributed by atoms with Crippen LogP contribution in [0.3, 0.4) is 0 Å². The van der Waals surface area contributed by atoms with Crippen molar-refractivity contribution in [1.29, 1.82) is 0 Å². The normalized spacial score (nSPS) is 11.0. The molecule has 0 aliphatic heterocycles. The lowest BCUT2D eigenvalue weighted by Crippen LogP contribution is -2.24. The van der Waals surface area contributed by atoms with Gasteiger partial charge in [0, 0.05) is 18.1 Å². The van der Waals surface area contributed by atoms with E-state index in [9.17, 15) is 19.7 Å². The van der Waals surface area contributed by atoms with Crippen LogP contribution in [0.4, 0.5) is 5.69 Å². The number of esters is 2. The van der Waals surface area contributed by atoms with Crippen molar-refractivity contribution in [2.45, 2.75) is 27.2 Å². The minimum absolute atomic E-state index is 0.0163. The van der Waals surface area contributed by atoms with Gasteiger partial charge in [0.25, 0.3) is 5.69 Å². The summed E-state index contributed by atoms with van der Waals surface area (Å²) < 4.78 is 9.77. The highest BCUT2D eigenvalue weighted by molar-refractivity contribution is 6.41. The first-order valence-electron chi connectivity index (χ1n) is 7.85. The van der Waals surface area contributed by atoms with Gasteiger partial charge < -0.3 is 15.0 Å². The van der Waals surface area contributed by atoms with Gasteiger partial charge in [-0.05, 0) is 20.8 Å². The largest absolute Gasteiger partial charge is 0.463 e. The van der Waals surface area contributed by atoms with Crippen molar-refractivity contribution in [2.75, 3.05) is 13.2 Å². The molecule has 0 bridgehead atoms. The van der Waals surface area contributed by atoms with Crippen LogP contribution in [0.1, 0.15) is 26.3 Å². The van der Waals surface area contributed by atoms with Crippen LogP contribution in [0.2, 0.25) is 0 Å². The lowest BCUT2D eigenvalue weighted by atomic mass is 9.97. The molecule has 0 unspecified atom stereocenters. The lowest BCUT2D eigenvalue weighted by molar-refractivity contribution is -0.385. The number of hydrogen-bond acceptors (Lipinski definition) is 6. The zero-order valence-corrected chi connectivity index (χ0v) is 14.7. The Morgan fingerprint density at radius 3 is 2.27 bits per heavy atom. The molecule has 9 nitrogen and oxygen atoms in total. The van der Waals surface area contributed by atoms with Crippen molar-refractivity contribution in [1.82, 2.24) is 0 Å². The zero-order valence-electron chi connectivity index (χ0n) is 14.7. The lowest BCUT2D eigenvalue weighted by Gasteiger charge is -2.10. The maximum atomic E-state index is 12.3. The summed E-state index contributed by atoms with van der Waals surface area (Å²) in [6, 6.07) is 5.89. The molecule has 0 aliphatic carbocycles. The number of carbonyl (C=O) groups is 2. The van der Waals surface area contributed by atoms with E-state index < -0.39 is 22.6 Å². The van der Waals surface area contributed by atoms with E-state index in [1.54, 1.807) is 19.9 Å². The summed E-state index contributed by atoms with van der Waals surface area (Å²) in [5.74, 6) is -1.69. The molecule has 0 aliphatic rings. The molecule has 9 heteroatoms. The number of para-hydroxylation sites is 1. The minimum atomic E-state index is -0.920. The first-order valence-corrected chi connectivity index (χ1v) is 7.85. The van der Waals surface area contributed by atoms with E-state index >= 15 is 0 Å². The van der Waals surface area contributed by atoms with Crippen LogP contribution in [0, 0.1) is 10.1 Å². The van der Waals surface area contributed by atoms with Crippen LogP contribution in [0.5, 0.6) is 0 Å². The molecule has 138 valence electrons. The number of rotatable bonds is 8. The van der Waals surface area contributed by atoms with Crippen LogP contribution in [0.25, 0.3) is 5.53 Å². The zero-order chi connectivity index (χ0) is 19.7. The monoisotopic (exact) mass is 361 g/mol. The predicted octanol–water partition coefficient (Wildman–Crippen LogP) is 2.25. The van der Waals surface area contributed by atoms with Gasteiger partial charge in [-0.15, -0.1) is 0 Å². The second kappa shape index (κ2) is 9.85. The van der Waals surface area contributed by atoms with Crippen LogP contribution in [0.15, 0.2) is 35.4 Å². The molecule has 0 N–H and O–H groups in total. The van der Waals surface area contributed by atoms with Crippen LogP contribution in [-0.4, -0.2) is 40.6 Å². The fraction of sp³-hybridized carbons (Fsp3) is 0.353. The second-order valence-electron chi connectivity index (χ2n) is 5.06.